The largest absolute Gasteiger partial charge is 0.493 e. The highest BCUT2D eigenvalue weighted by Crippen LogP contribution is 2.31. The molecule has 140 valence electrons. The Labute approximate surface area is 151 Å². The molecule has 2 rings (SSSR count). The number of hydrogen-bond donors (Lipinski definition) is 1. The summed E-state index contributed by atoms with van der Waals surface area (Å²) < 4.78 is 37.6. The first kappa shape index (κ1) is 19.7. The van der Waals surface area contributed by atoms with Gasteiger partial charge in [-0.1, -0.05) is 12.1 Å². The van der Waals surface area contributed by atoms with Gasteiger partial charge in [-0.05, 0) is 32.2 Å². The predicted octanol–water partition coefficient (Wildman–Crippen LogP) is 3.44. The third kappa shape index (κ3) is 4.49. The Morgan fingerprint density at radius 2 is 1.92 bits per heavy atom. The van der Waals surface area contributed by atoms with E-state index in [-0.39, 0.29) is 5.69 Å². The molecule has 0 bridgehead atoms. The third-order valence-corrected chi connectivity index (χ3v) is 4.13. The van der Waals surface area contributed by atoms with Crippen LogP contribution in [0.3, 0.4) is 0 Å². The van der Waals surface area contributed by atoms with E-state index in [1.54, 1.807) is 39.2 Å². The number of nitrogens with zero attached hydrogens (tertiary/aromatic N) is 1. The maximum atomic E-state index is 13.7. The molecule has 2 aromatic carbocycles. The summed E-state index contributed by atoms with van der Waals surface area (Å²) in [5.74, 6) is -0.574. The molecule has 1 amide bonds. The number of carbonyl (C=O) groups is 1. The minimum atomic E-state index is -0.691. The second kappa shape index (κ2) is 8.62. The van der Waals surface area contributed by atoms with Crippen molar-refractivity contribution >= 4 is 11.6 Å². The lowest BCUT2D eigenvalue weighted by molar-refractivity contribution is -0.120. The number of hydrogen-bond acceptors (Lipinski definition) is 4. The van der Waals surface area contributed by atoms with Crippen LogP contribution < -0.4 is 14.8 Å². The van der Waals surface area contributed by atoms with Crippen LogP contribution >= 0.6 is 0 Å². The van der Waals surface area contributed by atoms with Gasteiger partial charge in [-0.2, -0.15) is 0 Å². The summed E-state index contributed by atoms with van der Waals surface area (Å²) >= 11 is 0. The molecule has 0 saturated carbocycles. The van der Waals surface area contributed by atoms with Crippen LogP contribution in [-0.2, 0) is 11.3 Å². The van der Waals surface area contributed by atoms with Gasteiger partial charge in [0, 0.05) is 18.2 Å². The topological polar surface area (TPSA) is 50.8 Å². The van der Waals surface area contributed by atoms with E-state index in [4.69, 9.17) is 9.47 Å². The molecule has 0 heterocycles. The summed E-state index contributed by atoms with van der Waals surface area (Å²) in [5, 5.41) is 2.42. The fourth-order valence-electron chi connectivity index (χ4n) is 2.51. The molecule has 0 saturated heterocycles. The summed E-state index contributed by atoms with van der Waals surface area (Å²) in [7, 11) is 4.85. The fraction of sp³-hybridized carbons (Fsp3) is 0.316. The Bertz CT molecular complexity index is 783. The van der Waals surface area contributed by atoms with Crippen molar-refractivity contribution in [3.63, 3.8) is 0 Å². The lowest BCUT2D eigenvalue weighted by atomic mass is 10.1. The molecule has 26 heavy (non-hydrogen) atoms. The highest BCUT2D eigenvalue weighted by Gasteiger charge is 2.21. The van der Waals surface area contributed by atoms with E-state index < -0.39 is 23.6 Å². The maximum absolute atomic E-state index is 13.7. The van der Waals surface area contributed by atoms with Crippen molar-refractivity contribution in [2.75, 3.05) is 26.6 Å². The average Bonchev–Trinajstić information content (AvgIpc) is 2.63. The predicted molar refractivity (Wildman–Crippen MR) is 95.5 cm³/mol. The molecule has 0 radical (unpaired) electrons. The first-order chi connectivity index (χ1) is 12.4. The quantitative estimate of drug-likeness (QED) is 0.818. The van der Waals surface area contributed by atoms with Gasteiger partial charge in [-0.3, -0.25) is 9.69 Å². The molecule has 0 aromatic heterocycles. The van der Waals surface area contributed by atoms with Crippen LogP contribution in [0.25, 0.3) is 0 Å². The number of rotatable bonds is 7. The number of anilines is 1. The summed E-state index contributed by atoms with van der Waals surface area (Å²) in [6, 6.07) is 7.81. The Kier molecular flexibility index (Phi) is 6.52. The zero-order chi connectivity index (χ0) is 19.3. The molecule has 0 aliphatic heterocycles. The first-order valence-corrected chi connectivity index (χ1v) is 8.03. The van der Waals surface area contributed by atoms with E-state index in [1.165, 1.54) is 0 Å². The first-order valence-electron chi connectivity index (χ1n) is 8.03. The summed E-state index contributed by atoms with van der Waals surface area (Å²) in [6.07, 6.45) is 0. The molecule has 1 N–H and O–H groups in total. The average molecular weight is 364 g/mol. The van der Waals surface area contributed by atoms with Crippen LogP contribution in [0.1, 0.15) is 12.5 Å². The van der Waals surface area contributed by atoms with Crippen LogP contribution in [-0.4, -0.2) is 38.1 Å². The second-order valence-electron chi connectivity index (χ2n) is 5.86. The molecule has 1 atom stereocenters. The van der Waals surface area contributed by atoms with Gasteiger partial charge in [0.2, 0.25) is 5.91 Å². The van der Waals surface area contributed by atoms with Crippen molar-refractivity contribution in [3.8, 4) is 11.5 Å². The molecule has 7 heteroatoms. The number of ether oxygens (including phenoxy) is 2. The Hall–Kier alpha value is -2.67. The van der Waals surface area contributed by atoms with E-state index >= 15 is 0 Å². The number of methoxy groups -OCH3 is 2. The van der Waals surface area contributed by atoms with Crippen molar-refractivity contribution in [2.24, 2.45) is 0 Å². The van der Waals surface area contributed by atoms with Crippen molar-refractivity contribution < 1.29 is 23.0 Å². The molecule has 2 aromatic rings. The number of amides is 1. The Morgan fingerprint density at radius 1 is 1.19 bits per heavy atom. The standard InChI is InChI=1S/C19H22F2N2O3/c1-12(19(24)22-16-10-14(20)8-9-15(16)21)23(2)11-13-6-5-7-17(25-3)18(13)26-4/h5-10,12H,11H2,1-4H3,(H,22,24). The normalized spacial score (nSPS) is 12.0. The molecule has 0 aliphatic rings. The summed E-state index contributed by atoms with van der Waals surface area (Å²) in [6.45, 7) is 2.08. The van der Waals surface area contributed by atoms with E-state index in [9.17, 15) is 13.6 Å². The van der Waals surface area contributed by atoms with Gasteiger partial charge in [-0.15, -0.1) is 0 Å². The van der Waals surface area contributed by atoms with Gasteiger partial charge in [0.25, 0.3) is 0 Å². The molecule has 0 fully saturated rings. The third-order valence-electron chi connectivity index (χ3n) is 4.13. The van der Waals surface area contributed by atoms with Crippen LogP contribution in [0.15, 0.2) is 36.4 Å². The number of nitrogens with one attached hydrogen (secondary N) is 1. The lowest BCUT2D eigenvalue weighted by Crippen LogP contribution is -2.39. The number of carbonyl (C=O) groups excluding carboxylic acids is 1. The molecule has 0 aliphatic carbocycles. The molecule has 1 unspecified atom stereocenters. The SMILES string of the molecule is COc1cccc(CN(C)C(C)C(=O)Nc2cc(F)ccc2F)c1OC. The number of likely N-dealkylation sites (N-methyl/N-ethyl adjacent to an activating group) is 1. The van der Waals surface area contributed by atoms with E-state index in [0.717, 1.165) is 23.8 Å². The van der Waals surface area contributed by atoms with Gasteiger partial charge >= 0.3 is 0 Å². The van der Waals surface area contributed by atoms with Crippen molar-refractivity contribution in [1.82, 2.24) is 4.90 Å². The second-order valence-corrected chi connectivity index (χ2v) is 5.86. The monoisotopic (exact) mass is 364 g/mol. The van der Waals surface area contributed by atoms with Crippen molar-refractivity contribution in [1.29, 1.82) is 0 Å². The van der Waals surface area contributed by atoms with Crippen molar-refractivity contribution in [3.05, 3.63) is 53.6 Å². The highest BCUT2D eigenvalue weighted by atomic mass is 19.1. The van der Waals surface area contributed by atoms with Crippen LogP contribution in [0.5, 0.6) is 11.5 Å². The zero-order valence-electron chi connectivity index (χ0n) is 15.2. The van der Waals surface area contributed by atoms with Gasteiger partial charge < -0.3 is 14.8 Å². The molecular weight excluding hydrogens is 342 g/mol. The smallest absolute Gasteiger partial charge is 0.241 e. The highest BCUT2D eigenvalue weighted by molar-refractivity contribution is 5.94. The van der Waals surface area contributed by atoms with Crippen molar-refractivity contribution in [2.45, 2.75) is 19.5 Å². The zero-order valence-corrected chi connectivity index (χ0v) is 15.2. The maximum Gasteiger partial charge on any atom is 0.241 e. The van der Waals surface area contributed by atoms with Gasteiger partial charge in [0.05, 0.1) is 25.9 Å². The number of halogens is 2. The van der Waals surface area contributed by atoms with E-state index in [1.807, 2.05) is 12.1 Å². The Morgan fingerprint density at radius 3 is 2.58 bits per heavy atom. The molecular formula is C19H22F2N2O3. The van der Waals surface area contributed by atoms with Crippen LogP contribution in [0, 0.1) is 11.6 Å². The molecule has 5 nitrogen and oxygen atoms in total. The number of benzene rings is 2. The minimum absolute atomic E-state index is 0.186. The summed E-state index contributed by atoms with van der Waals surface area (Å²) in [5.41, 5.74) is 0.653. The van der Waals surface area contributed by atoms with E-state index in [2.05, 4.69) is 5.32 Å². The number of para-hydroxylation sites is 1. The van der Waals surface area contributed by atoms with Gasteiger partial charge in [-0.25, -0.2) is 8.78 Å². The van der Waals surface area contributed by atoms with Crippen LogP contribution in [0.2, 0.25) is 0 Å². The molecule has 0 spiro atoms. The summed E-state index contributed by atoms with van der Waals surface area (Å²) in [4.78, 5) is 14.2. The van der Waals surface area contributed by atoms with E-state index in [0.29, 0.717) is 18.0 Å². The Balaban J connectivity index is 2.11. The minimum Gasteiger partial charge on any atom is -0.493 e. The van der Waals surface area contributed by atoms with Gasteiger partial charge in [0.1, 0.15) is 11.6 Å². The lowest BCUT2D eigenvalue weighted by Gasteiger charge is -2.25. The van der Waals surface area contributed by atoms with Gasteiger partial charge in [0.15, 0.2) is 11.5 Å². The fourth-order valence-corrected chi connectivity index (χ4v) is 2.51. The van der Waals surface area contributed by atoms with Crippen LogP contribution in [0.4, 0.5) is 14.5 Å².